The van der Waals surface area contributed by atoms with Gasteiger partial charge in [-0.15, -0.1) is 0 Å². The lowest BCUT2D eigenvalue weighted by Gasteiger charge is -2.40. The highest BCUT2D eigenvalue weighted by molar-refractivity contribution is 5.85. The van der Waals surface area contributed by atoms with Gasteiger partial charge in [-0.1, -0.05) is 32.0 Å². The fraction of sp³-hybridized carbons (Fsp3) is 0.500. The number of ether oxygens (including phenoxy) is 2. The number of aromatic nitrogens is 2. The first-order chi connectivity index (χ1) is 19.8. The van der Waals surface area contributed by atoms with Gasteiger partial charge < -0.3 is 24.8 Å². The molecule has 8 heteroatoms. The van der Waals surface area contributed by atoms with Crippen LogP contribution in [0.15, 0.2) is 42.7 Å². The molecule has 0 radical (unpaired) electrons. The van der Waals surface area contributed by atoms with Crippen LogP contribution in [0, 0.1) is 26.2 Å². The summed E-state index contributed by atoms with van der Waals surface area (Å²) < 4.78 is 12.2. The number of aryl methyl sites for hydroxylation is 3. The van der Waals surface area contributed by atoms with Crippen molar-refractivity contribution < 1.29 is 19.4 Å². The Kier molecular flexibility index (Phi) is 9.46. The number of hydrogen-bond donors (Lipinski definition) is 2. The van der Waals surface area contributed by atoms with Crippen molar-refractivity contribution in [2.75, 3.05) is 36.5 Å². The zero-order valence-corrected chi connectivity index (χ0v) is 26.4. The molecule has 4 rings (SSSR count). The van der Waals surface area contributed by atoms with Gasteiger partial charge in [0, 0.05) is 42.7 Å². The summed E-state index contributed by atoms with van der Waals surface area (Å²) in [7, 11) is 0. The second-order valence-electron chi connectivity index (χ2n) is 13.0. The van der Waals surface area contributed by atoms with Gasteiger partial charge in [0.1, 0.15) is 12.4 Å². The predicted octanol–water partition coefficient (Wildman–Crippen LogP) is 7.13. The standard InChI is InChI=1S/C34H46N4O4/c1-22-10-9-11-23(2)30(22)41-19-16-35-25-12-13-27(37-20-25)26-21-36-24(3)28(31(32(39)40)42-33(4,5)6)29(26)38-17-14-34(7,8)15-18-38/h9-13,20-21,31,35H,14-19H2,1-8H3,(H,39,40)/t31-/m0/s1. The summed E-state index contributed by atoms with van der Waals surface area (Å²) in [6.07, 6.45) is 4.48. The minimum atomic E-state index is -1.15. The zero-order chi connectivity index (χ0) is 30.7. The number of piperidine rings is 1. The molecule has 3 heterocycles. The minimum Gasteiger partial charge on any atom is -0.491 e. The van der Waals surface area contributed by atoms with Gasteiger partial charge in [-0.25, -0.2) is 4.79 Å². The maximum absolute atomic E-state index is 12.6. The number of rotatable bonds is 10. The van der Waals surface area contributed by atoms with E-state index in [9.17, 15) is 9.90 Å². The highest BCUT2D eigenvalue weighted by atomic mass is 16.5. The maximum atomic E-state index is 12.6. The van der Waals surface area contributed by atoms with E-state index < -0.39 is 17.7 Å². The third-order valence-electron chi connectivity index (χ3n) is 7.80. The first kappa shape index (κ1) is 31.3. The lowest BCUT2D eigenvalue weighted by Crippen LogP contribution is -2.39. The molecule has 1 fully saturated rings. The van der Waals surface area contributed by atoms with Gasteiger partial charge in [0.25, 0.3) is 0 Å². The number of hydrogen-bond acceptors (Lipinski definition) is 7. The Balaban J connectivity index is 1.62. The molecule has 1 aliphatic heterocycles. The molecule has 0 saturated carbocycles. The van der Waals surface area contributed by atoms with Crippen molar-refractivity contribution in [1.29, 1.82) is 0 Å². The maximum Gasteiger partial charge on any atom is 0.337 e. The number of para-hydroxylation sites is 1. The number of carbonyl (C=O) groups is 1. The van der Waals surface area contributed by atoms with E-state index in [1.807, 2.05) is 52.1 Å². The topological polar surface area (TPSA) is 96.8 Å². The van der Waals surface area contributed by atoms with Crippen molar-refractivity contribution in [3.63, 3.8) is 0 Å². The fourth-order valence-electron chi connectivity index (χ4n) is 5.41. The lowest BCUT2D eigenvalue weighted by molar-refractivity contribution is -0.160. The highest BCUT2D eigenvalue weighted by Gasteiger charge is 2.36. The Morgan fingerprint density at radius 3 is 2.29 bits per heavy atom. The quantitative estimate of drug-likeness (QED) is 0.247. The molecule has 0 spiro atoms. The van der Waals surface area contributed by atoms with Crippen LogP contribution in [-0.2, 0) is 9.53 Å². The summed E-state index contributed by atoms with van der Waals surface area (Å²) in [5.41, 5.74) is 6.36. The molecule has 226 valence electrons. The van der Waals surface area contributed by atoms with Crippen LogP contribution >= 0.6 is 0 Å². The van der Waals surface area contributed by atoms with Crippen molar-refractivity contribution in [1.82, 2.24) is 9.97 Å². The third kappa shape index (κ3) is 7.59. The Labute approximate surface area is 250 Å². The predicted molar refractivity (Wildman–Crippen MR) is 169 cm³/mol. The Bertz CT molecular complexity index is 1370. The molecule has 1 aliphatic rings. The summed E-state index contributed by atoms with van der Waals surface area (Å²) in [5.74, 6) is -0.0969. The summed E-state index contributed by atoms with van der Waals surface area (Å²) >= 11 is 0. The van der Waals surface area contributed by atoms with Gasteiger partial charge in [0.05, 0.1) is 28.9 Å². The van der Waals surface area contributed by atoms with E-state index in [1.54, 1.807) is 6.20 Å². The summed E-state index contributed by atoms with van der Waals surface area (Å²) in [6, 6.07) is 10.1. The van der Waals surface area contributed by atoms with Crippen molar-refractivity contribution in [2.24, 2.45) is 5.41 Å². The lowest BCUT2D eigenvalue weighted by atomic mass is 9.82. The number of carboxylic acid groups (broad SMARTS) is 1. The van der Waals surface area contributed by atoms with Crippen molar-refractivity contribution in [3.05, 3.63) is 65.1 Å². The molecule has 3 aromatic rings. The minimum absolute atomic E-state index is 0.236. The highest BCUT2D eigenvalue weighted by Crippen LogP contribution is 2.43. The number of anilines is 2. The fourth-order valence-corrected chi connectivity index (χ4v) is 5.41. The molecule has 2 aromatic heterocycles. The van der Waals surface area contributed by atoms with Crippen LogP contribution in [0.1, 0.15) is 75.9 Å². The molecule has 0 unspecified atom stereocenters. The molecular formula is C34H46N4O4. The zero-order valence-electron chi connectivity index (χ0n) is 26.4. The van der Waals surface area contributed by atoms with Crippen LogP contribution in [0.25, 0.3) is 11.3 Å². The number of carboxylic acids is 1. The largest absolute Gasteiger partial charge is 0.491 e. The number of nitrogens with zero attached hydrogens (tertiary/aromatic N) is 3. The van der Waals surface area contributed by atoms with Crippen LogP contribution in [0.2, 0.25) is 0 Å². The molecule has 0 aliphatic carbocycles. The summed E-state index contributed by atoms with van der Waals surface area (Å²) in [6.45, 7) is 18.9. The Hall–Kier alpha value is -3.65. The monoisotopic (exact) mass is 574 g/mol. The first-order valence-corrected chi connectivity index (χ1v) is 14.8. The van der Waals surface area contributed by atoms with Crippen molar-refractivity contribution >= 4 is 17.3 Å². The molecule has 1 aromatic carbocycles. The molecule has 0 amide bonds. The number of aliphatic carboxylic acids is 1. The number of benzene rings is 1. The van der Waals surface area contributed by atoms with Gasteiger partial charge in [0.15, 0.2) is 6.10 Å². The molecule has 1 saturated heterocycles. The average Bonchev–Trinajstić information content (AvgIpc) is 2.91. The van der Waals surface area contributed by atoms with E-state index in [2.05, 4.69) is 55.0 Å². The SMILES string of the molecule is Cc1cccc(C)c1OCCNc1ccc(-c2cnc(C)c([C@H](OC(C)(C)C)C(=O)O)c2N2CCC(C)(C)CC2)nc1. The van der Waals surface area contributed by atoms with Gasteiger partial charge in [0.2, 0.25) is 0 Å². The van der Waals surface area contributed by atoms with Crippen LogP contribution in [0.4, 0.5) is 11.4 Å². The number of nitrogens with one attached hydrogen (secondary N) is 1. The van der Waals surface area contributed by atoms with Gasteiger partial charge in [-0.3, -0.25) is 9.97 Å². The normalized spacial score (nSPS) is 15.8. The van der Waals surface area contributed by atoms with E-state index >= 15 is 0 Å². The summed E-state index contributed by atoms with van der Waals surface area (Å²) in [5, 5.41) is 13.7. The van der Waals surface area contributed by atoms with E-state index in [4.69, 9.17) is 14.5 Å². The molecule has 2 N–H and O–H groups in total. The van der Waals surface area contributed by atoms with Crippen LogP contribution in [0.5, 0.6) is 5.75 Å². The molecule has 8 nitrogen and oxygen atoms in total. The average molecular weight is 575 g/mol. The second-order valence-corrected chi connectivity index (χ2v) is 13.0. The van der Waals surface area contributed by atoms with Crippen molar-refractivity contribution in [2.45, 2.75) is 79.9 Å². The third-order valence-corrected chi connectivity index (χ3v) is 7.80. The van der Waals surface area contributed by atoms with Gasteiger partial charge in [-0.05, 0) is 83.1 Å². The summed E-state index contributed by atoms with van der Waals surface area (Å²) in [4.78, 5) is 24.4. The van der Waals surface area contributed by atoms with E-state index in [-0.39, 0.29) is 5.41 Å². The molecular weight excluding hydrogens is 528 g/mol. The van der Waals surface area contributed by atoms with E-state index in [0.717, 1.165) is 65.4 Å². The van der Waals surface area contributed by atoms with Crippen molar-refractivity contribution in [3.8, 4) is 17.0 Å². The van der Waals surface area contributed by atoms with Gasteiger partial charge >= 0.3 is 5.97 Å². The Morgan fingerprint density at radius 1 is 1.05 bits per heavy atom. The second kappa shape index (κ2) is 12.7. The number of pyridine rings is 2. The molecule has 42 heavy (non-hydrogen) atoms. The Morgan fingerprint density at radius 2 is 1.71 bits per heavy atom. The van der Waals surface area contributed by atoms with Crippen LogP contribution in [-0.4, -0.2) is 52.9 Å². The van der Waals surface area contributed by atoms with E-state index in [0.29, 0.717) is 24.4 Å². The molecule has 0 bridgehead atoms. The first-order valence-electron chi connectivity index (χ1n) is 14.8. The van der Waals surface area contributed by atoms with Gasteiger partial charge in [-0.2, -0.15) is 0 Å². The van der Waals surface area contributed by atoms with Crippen LogP contribution in [0.3, 0.4) is 0 Å². The van der Waals surface area contributed by atoms with E-state index in [1.165, 1.54) is 0 Å². The van der Waals surface area contributed by atoms with Crippen LogP contribution < -0.4 is 15.0 Å². The molecule has 1 atom stereocenters. The smallest absolute Gasteiger partial charge is 0.337 e.